The number of esters is 1. The number of alkyl halides is 1. The number of anilines is 1. The molecule has 192 valence electrons. The first-order valence-electron chi connectivity index (χ1n) is 12.5. The minimum Gasteiger partial charge on any atom is -0.462 e. The fraction of sp³-hybridized carbons (Fsp3) is 0.345. The molecular formula is C29H29ClN2O4S. The van der Waals surface area contributed by atoms with Gasteiger partial charge in [0.25, 0.3) is 5.69 Å². The van der Waals surface area contributed by atoms with E-state index in [-0.39, 0.29) is 51.0 Å². The van der Waals surface area contributed by atoms with Crippen molar-refractivity contribution in [3.8, 4) is 0 Å². The third-order valence-corrected chi connectivity index (χ3v) is 9.21. The fourth-order valence-corrected chi connectivity index (χ4v) is 7.37. The van der Waals surface area contributed by atoms with Crippen molar-refractivity contribution in [2.75, 3.05) is 11.9 Å². The van der Waals surface area contributed by atoms with Crippen LogP contribution in [0.3, 0.4) is 0 Å². The number of fused-ring (bicyclic) bond motifs is 3. The van der Waals surface area contributed by atoms with Crippen molar-refractivity contribution in [3.63, 3.8) is 0 Å². The molecule has 3 aromatic carbocycles. The van der Waals surface area contributed by atoms with Gasteiger partial charge in [-0.1, -0.05) is 56.3 Å². The number of nitrogens with one attached hydrogen (secondary N) is 1. The van der Waals surface area contributed by atoms with E-state index in [1.165, 1.54) is 23.4 Å². The molecule has 6 nitrogen and oxygen atoms in total. The summed E-state index contributed by atoms with van der Waals surface area (Å²) in [6, 6.07) is 22.8. The Labute approximate surface area is 225 Å². The highest BCUT2D eigenvalue weighted by Crippen LogP contribution is 2.58. The van der Waals surface area contributed by atoms with Crippen LogP contribution in [0.4, 0.5) is 11.4 Å². The van der Waals surface area contributed by atoms with Crippen molar-refractivity contribution in [1.29, 1.82) is 0 Å². The summed E-state index contributed by atoms with van der Waals surface area (Å²) < 4.78 is 5.48. The van der Waals surface area contributed by atoms with Gasteiger partial charge in [-0.15, -0.1) is 23.4 Å². The number of carbonyl (C=O) groups is 1. The van der Waals surface area contributed by atoms with Crippen molar-refractivity contribution in [2.24, 2.45) is 11.8 Å². The number of carbonyl (C=O) groups excluding carboxylic acids is 1. The lowest BCUT2D eigenvalue weighted by atomic mass is 9.77. The normalized spacial score (nSPS) is 24.2. The van der Waals surface area contributed by atoms with E-state index in [1.54, 1.807) is 18.2 Å². The number of hydrogen-bond acceptors (Lipinski definition) is 6. The maximum absolute atomic E-state index is 12.8. The maximum atomic E-state index is 12.8. The lowest BCUT2D eigenvalue weighted by molar-refractivity contribution is -0.387. The van der Waals surface area contributed by atoms with Crippen molar-refractivity contribution in [3.05, 3.63) is 99.6 Å². The lowest BCUT2D eigenvalue weighted by Crippen LogP contribution is -2.31. The second-order valence-electron chi connectivity index (χ2n) is 10.1. The molecule has 1 aliphatic carbocycles. The van der Waals surface area contributed by atoms with E-state index in [0.29, 0.717) is 17.1 Å². The highest BCUT2D eigenvalue weighted by Gasteiger charge is 2.50. The van der Waals surface area contributed by atoms with Gasteiger partial charge in [0, 0.05) is 22.9 Å². The van der Waals surface area contributed by atoms with Crippen molar-refractivity contribution < 1.29 is 14.5 Å². The van der Waals surface area contributed by atoms with Crippen LogP contribution in [0.1, 0.15) is 53.7 Å². The number of para-hydroxylation sites is 1. The van der Waals surface area contributed by atoms with Crippen LogP contribution in [0.5, 0.6) is 0 Å². The molecule has 0 spiro atoms. The van der Waals surface area contributed by atoms with Crippen LogP contribution in [-0.2, 0) is 4.74 Å². The molecular weight excluding hydrogens is 508 g/mol. The molecule has 8 heteroatoms. The SMILES string of the molecule is CC(C)COC(=O)c1ccc2c(c1)C1C(Cl)C(Sc3ccccc3[N+](=O)[O-])CC1C(c1ccccc1)N2. The summed E-state index contributed by atoms with van der Waals surface area (Å²) >= 11 is 8.70. The molecule has 5 unspecified atom stereocenters. The summed E-state index contributed by atoms with van der Waals surface area (Å²) in [6.07, 6.45) is 0.781. The van der Waals surface area contributed by atoms with Crippen LogP contribution in [0.2, 0.25) is 0 Å². The van der Waals surface area contributed by atoms with Crippen molar-refractivity contribution in [1.82, 2.24) is 0 Å². The molecule has 0 saturated heterocycles. The van der Waals surface area contributed by atoms with Crippen LogP contribution in [0.15, 0.2) is 77.7 Å². The minimum absolute atomic E-state index is 0.0266. The largest absolute Gasteiger partial charge is 0.462 e. The molecule has 0 radical (unpaired) electrons. The molecule has 1 fully saturated rings. The third-order valence-electron chi connectivity index (χ3n) is 7.10. The number of rotatable bonds is 7. The van der Waals surface area contributed by atoms with E-state index in [2.05, 4.69) is 17.4 Å². The Morgan fingerprint density at radius 3 is 2.59 bits per heavy atom. The number of benzene rings is 3. The van der Waals surface area contributed by atoms with Crippen molar-refractivity contribution >= 4 is 40.7 Å². The fourth-order valence-electron chi connectivity index (χ4n) is 5.43. The van der Waals surface area contributed by atoms with Gasteiger partial charge < -0.3 is 10.1 Å². The first-order chi connectivity index (χ1) is 17.8. The average Bonchev–Trinajstić information content (AvgIpc) is 3.23. The van der Waals surface area contributed by atoms with E-state index in [0.717, 1.165) is 17.7 Å². The predicted molar refractivity (Wildman–Crippen MR) is 148 cm³/mol. The molecule has 1 aliphatic heterocycles. The summed E-state index contributed by atoms with van der Waals surface area (Å²) in [5.41, 5.74) is 3.74. The third kappa shape index (κ3) is 5.20. The molecule has 0 aromatic heterocycles. The number of thioether (sulfide) groups is 1. The first-order valence-corrected chi connectivity index (χ1v) is 13.8. The molecule has 3 aromatic rings. The van der Waals surface area contributed by atoms with Crippen molar-refractivity contribution in [2.45, 2.75) is 47.8 Å². The zero-order valence-electron chi connectivity index (χ0n) is 20.7. The van der Waals surface area contributed by atoms with Gasteiger partial charge >= 0.3 is 5.97 Å². The van der Waals surface area contributed by atoms with E-state index < -0.39 is 0 Å². The van der Waals surface area contributed by atoms with Gasteiger partial charge in [0.05, 0.1) is 33.4 Å². The maximum Gasteiger partial charge on any atom is 0.338 e. The summed E-state index contributed by atoms with van der Waals surface area (Å²) in [4.78, 5) is 24.7. The molecule has 0 bridgehead atoms. The zero-order chi connectivity index (χ0) is 26.1. The number of ether oxygens (including phenoxy) is 1. The molecule has 37 heavy (non-hydrogen) atoms. The Kier molecular flexibility index (Phi) is 7.45. The number of nitrogens with zero attached hydrogens (tertiary/aromatic N) is 1. The Hall–Kier alpha value is -3.03. The number of halogens is 1. The Morgan fingerprint density at radius 1 is 1.14 bits per heavy atom. The Morgan fingerprint density at radius 2 is 1.86 bits per heavy atom. The first kappa shape index (κ1) is 25.6. The number of hydrogen-bond donors (Lipinski definition) is 1. The molecule has 1 heterocycles. The number of nitro groups is 1. The second kappa shape index (κ2) is 10.8. The molecule has 0 amide bonds. The monoisotopic (exact) mass is 536 g/mol. The highest BCUT2D eigenvalue weighted by atomic mass is 35.5. The quantitative estimate of drug-likeness (QED) is 0.146. The van der Waals surface area contributed by atoms with Crippen LogP contribution in [-0.4, -0.2) is 28.1 Å². The lowest BCUT2D eigenvalue weighted by Gasteiger charge is -2.38. The zero-order valence-corrected chi connectivity index (χ0v) is 22.2. The van der Waals surface area contributed by atoms with E-state index in [4.69, 9.17) is 16.3 Å². The summed E-state index contributed by atoms with van der Waals surface area (Å²) in [5.74, 6) is 0.0372. The van der Waals surface area contributed by atoms with E-state index >= 15 is 0 Å². The Bertz CT molecular complexity index is 1300. The van der Waals surface area contributed by atoms with Gasteiger partial charge in [-0.3, -0.25) is 10.1 Å². The van der Waals surface area contributed by atoms with Gasteiger partial charge in [0.1, 0.15) is 0 Å². The topological polar surface area (TPSA) is 81.5 Å². The number of nitro benzene ring substituents is 1. The predicted octanol–water partition coefficient (Wildman–Crippen LogP) is 7.45. The van der Waals surface area contributed by atoms with Gasteiger partial charge in [0.2, 0.25) is 0 Å². The minimum atomic E-state index is -0.341. The smallest absolute Gasteiger partial charge is 0.338 e. The van der Waals surface area contributed by atoms with E-state index in [9.17, 15) is 14.9 Å². The standard InChI is InChI=1S/C29H29ClN2O4S/c1-17(2)16-36-29(33)19-12-13-22-20(14-19)26-21(28(31-22)18-8-4-3-5-9-18)15-25(27(26)30)37-24-11-7-6-10-23(24)32(34)35/h3-14,17,21,25-28,31H,15-16H2,1-2H3. The van der Waals surface area contributed by atoms with Gasteiger partial charge in [-0.05, 0) is 53.6 Å². The molecule has 5 atom stereocenters. The highest BCUT2D eigenvalue weighted by molar-refractivity contribution is 8.00. The molecule has 1 N–H and O–H groups in total. The summed E-state index contributed by atoms with van der Waals surface area (Å²) in [6.45, 7) is 4.37. The second-order valence-corrected chi connectivity index (χ2v) is 11.9. The Balaban J connectivity index is 1.51. The van der Waals surface area contributed by atoms with Crippen LogP contribution < -0.4 is 5.32 Å². The molecule has 5 rings (SSSR count). The average molecular weight is 537 g/mol. The molecule has 2 aliphatic rings. The van der Waals surface area contributed by atoms with Crippen LogP contribution in [0.25, 0.3) is 0 Å². The van der Waals surface area contributed by atoms with Crippen LogP contribution >= 0.6 is 23.4 Å². The van der Waals surface area contributed by atoms with Gasteiger partial charge in [0.15, 0.2) is 0 Å². The van der Waals surface area contributed by atoms with Gasteiger partial charge in [-0.2, -0.15) is 0 Å². The molecule has 1 saturated carbocycles. The van der Waals surface area contributed by atoms with Gasteiger partial charge in [-0.25, -0.2) is 4.79 Å². The summed E-state index contributed by atoms with van der Waals surface area (Å²) in [7, 11) is 0. The van der Waals surface area contributed by atoms with E-state index in [1.807, 2.05) is 50.2 Å². The summed E-state index contributed by atoms with van der Waals surface area (Å²) in [5, 5.41) is 15.0. The van der Waals surface area contributed by atoms with Crippen LogP contribution in [0, 0.1) is 22.0 Å².